The summed E-state index contributed by atoms with van der Waals surface area (Å²) in [7, 11) is 0. The van der Waals surface area contributed by atoms with Crippen LogP contribution in [0.1, 0.15) is 0 Å². The molecular weight excluding hydrogens is 207 g/mol. The van der Waals surface area contributed by atoms with Crippen LogP contribution in [0.25, 0.3) is 0 Å². The summed E-state index contributed by atoms with van der Waals surface area (Å²) in [6, 6.07) is 7.57. The van der Waals surface area contributed by atoms with Gasteiger partial charge in [-0.3, -0.25) is 0 Å². The van der Waals surface area contributed by atoms with Crippen LogP contribution in [0.15, 0.2) is 34.9 Å². The van der Waals surface area contributed by atoms with Crippen molar-refractivity contribution in [2.45, 2.75) is 0 Å². The number of fused-ring (bicyclic) bond motifs is 1. The van der Waals surface area contributed by atoms with E-state index in [1.807, 2.05) is 18.2 Å². The SMILES string of the molecule is Oc1occcccc2c1[Se]2. The van der Waals surface area contributed by atoms with Gasteiger partial charge < -0.3 is 0 Å². The predicted octanol–water partition coefficient (Wildman–Crippen LogP) is 0.0780. The summed E-state index contributed by atoms with van der Waals surface area (Å²) in [5.74, 6) is 0.0659. The van der Waals surface area contributed by atoms with Gasteiger partial charge in [-0.15, -0.1) is 0 Å². The molecule has 0 atom stereocenters. The maximum atomic E-state index is 9.20. The van der Waals surface area contributed by atoms with Crippen molar-refractivity contribution in [1.29, 1.82) is 0 Å². The Labute approximate surface area is 70.3 Å². The van der Waals surface area contributed by atoms with E-state index in [1.54, 1.807) is 6.07 Å². The van der Waals surface area contributed by atoms with Gasteiger partial charge in [0.2, 0.25) is 0 Å². The summed E-state index contributed by atoms with van der Waals surface area (Å²) < 4.78 is 7.09. The average molecular weight is 213 g/mol. The molecule has 0 aliphatic carbocycles. The van der Waals surface area contributed by atoms with Gasteiger partial charge in [-0.2, -0.15) is 0 Å². The van der Waals surface area contributed by atoms with Gasteiger partial charge in [0.15, 0.2) is 0 Å². The molecule has 1 N–H and O–H groups in total. The van der Waals surface area contributed by atoms with E-state index in [2.05, 4.69) is 0 Å². The molecule has 2 nitrogen and oxygen atoms in total. The van der Waals surface area contributed by atoms with E-state index >= 15 is 0 Å². The summed E-state index contributed by atoms with van der Waals surface area (Å²) in [5.41, 5.74) is 0. The quantitative estimate of drug-likeness (QED) is 0.628. The Morgan fingerprint density at radius 1 is 1.27 bits per heavy atom. The first kappa shape index (κ1) is 6.77. The van der Waals surface area contributed by atoms with Gasteiger partial charge in [0.1, 0.15) is 0 Å². The normalized spacial score (nSPS) is 11.6. The van der Waals surface area contributed by atoms with Crippen molar-refractivity contribution in [3.05, 3.63) is 30.5 Å². The Bertz CT molecular complexity index is 329. The van der Waals surface area contributed by atoms with Crippen molar-refractivity contribution in [3.63, 3.8) is 0 Å². The van der Waals surface area contributed by atoms with E-state index in [-0.39, 0.29) is 5.95 Å². The molecule has 0 unspecified atom stereocenters. The third-order valence-corrected chi connectivity index (χ3v) is 3.32. The van der Waals surface area contributed by atoms with Gasteiger partial charge in [0, 0.05) is 0 Å². The monoisotopic (exact) mass is 214 g/mol. The van der Waals surface area contributed by atoms with E-state index in [0.717, 1.165) is 4.46 Å². The van der Waals surface area contributed by atoms with Gasteiger partial charge >= 0.3 is 69.9 Å². The van der Waals surface area contributed by atoms with Gasteiger partial charge in [0.25, 0.3) is 0 Å². The van der Waals surface area contributed by atoms with Crippen LogP contribution in [-0.4, -0.2) is 20.1 Å². The van der Waals surface area contributed by atoms with Crippen LogP contribution >= 0.6 is 0 Å². The number of aromatic hydroxyl groups is 1. The first-order valence-corrected chi connectivity index (χ1v) is 4.91. The summed E-state index contributed by atoms with van der Waals surface area (Å²) in [5, 5.41) is 9.20. The standard InChI is InChI=1S/C8H6O2Se/c9-8-7-6(11-7)4-2-1-3-5-10-8/h1-5,9H. The van der Waals surface area contributed by atoms with Gasteiger partial charge in [-0.25, -0.2) is 0 Å². The fraction of sp³-hybridized carbons (Fsp3) is 0. The van der Waals surface area contributed by atoms with Gasteiger partial charge in [0.05, 0.1) is 0 Å². The molecule has 1 aromatic rings. The summed E-state index contributed by atoms with van der Waals surface area (Å²) in [4.78, 5) is 0. The van der Waals surface area contributed by atoms with Crippen LogP contribution in [0, 0.1) is 0 Å². The Morgan fingerprint density at radius 2 is 2.18 bits per heavy atom. The summed E-state index contributed by atoms with van der Waals surface area (Å²) in [6.07, 6.45) is 1.48. The molecule has 0 spiro atoms. The molecule has 1 aliphatic heterocycles. The van der Waals surface area contributed by atoms with Crippen molar-refractivity contribution < 1.29 is 9.52 Å². The predicted molar refractivity (Wildman–Crippen MR) is 43.0 cm³/mol. The molecule has 2 heterocycles. The third-order valence-electron chi connectivity index (χ3n) is 1.32. The van der Waals surface area contributed by atoms with Crippen LogP contribution in [0.5, 0.6) is 5.95 Å². The second-order valence-corrected chi connectivity index (χ2v) is 4.31. The van der Waals surface area contributed by atoms with Crippen LogP contribution in [-0.2, 0) is 0 Å². The van der Waals surface area contributed by atoms with E-state index < -0.39 is 0 Å². The number of hydrogen-bond donors (Lipinski definition) is 1. The van der Waals surface area contributed by atoms with Gasteiger partial charge in [-0.1, -0.05) is 0 Å². The Hall–Kier alpha value is -0.921. The summed E-state index contributed by atoms with van der Waals surface area (Å²) in [6.45, 7) is 0. The van der Waals surface area contributed by atoms with Crippen LogP contribution in [0.3, 0.4) is 0 Å². The molecule has 0 saturated carbocycles. The zero-order chi connectivity index (χ0) is 7.68. The molecule has 11 heavy (non-hydrogen) atoms. The first-order chi connectivity index (χ1) is 5.38. The van der Waals surface area contributed by atoms with Gasteiger partial charge in [-0.05, 0) is 0 Å². The molecule has 0 aromatic carbocycles. The van der Waals surface area contributed by atoms with Crippen LogP contribution in [0.2, 0.25) is 0 Å². The second-order valence-electron chi connectivity index (χ2n) is 2.10. The van der Waals surface area contributed by atoms with Crippen LogP contribution < -0.4 is 8.92 Å². The third kappa shape index (κ3) is 1.39. The molecule has 1 aromatic heterocycles. The first-order valence-electron chi connectivity index (χ1n) is 3.19. The maximum absolute atomic E-state index is 9.20. The van der Waals surface area contributed by atoms with E-state index in [1.165, 1.54) is 10.7 Å². The average Bonchev–Trinajstić information content (AvgIpc) is 2.74. The minimum absolute atomic E-state index is 0.0659. The molecule has 56 valence electrons. The molecule has 0 fully saturated rings. The molecule has 1 aliphatic rings. The molecule has 0 radical (unpaired) electrons. The Morgan fingerprint density at radius 3 is 3.09 bits per heavy atom. The van der Waals surface area contributed by atoms with Crippen molar-refractivity contribution >= 4 is 23.9 Å². The van der Waals surface area contributed by atoms with Crippen molar-refractivity contribution in [1.82, 2.24) is 0 Å². The molecule has 0 amide bonds. The zero-order valence-corrected chi connectivity index (χ0v) is 7.36. The van der Waals surface area contributed by atoms with Crippen molar-refractivity contribution in [2.75, 3.05) is 0 Å². The van der Waals surface area contributed by atoms with Crippen molar-refractivity contribution in [2.24, 2.45) is 0 Å². The Kier molecular flexibility index (Phi) is 1.60. The van der Waals surface area contributed by atoms with Crippen molar-refractivity contribution in [3.8, 4) is 5.95 Å². The van der Waals surface area contributed by atoms with E-state index in [0.29, 0.717) is 15.0 Å². The number of hydrogen-bond acceptors (Lipinski definition) is 2. The summed E-state index contributed by atoms with van der Waals surface area (Å²) >= 11 is 0.347. The number of rotatable bonds is 0. The van der Waals surface area contributed by atoms with E-state index in [9.17, 15) is 5.11 Å². The fourth-order valence-corrected chi connectivity index (χ4v) is 2.02. The van der Waals surface area contributed by atoms with E-state index in [4.69, 9.17) is 4.42 Å². The molecule has 0 saturated heterocycles. The fourth-order valence-electron chi connectivity index (χ4n) is 0.753. The minimum atomic E-state index is 0.0659. The zero-order valence-electron chi connectivity index (χ0n) is 5.65. The topological polar surface area (TPSA) is 33.4 Å². The molecule has 3 heteroatoms. The molecule has 2 rings (SSSR count). The molecule has 0 bridgehead atoms. The molecular formula is C8H6O2Se. The Balaban J connectivity index is 2.63. The van der Waals surface area contributed by atoms with Crippen LogP contribution in [0.4, 0.5) is 0 Å². The second kappa shape index (κ2) is 2.61.